The maximum absolute atomic E-state index is 11.7. The highest BCUT2D eigenvalue weighted by atomic mass is 16.1. The number of amides is 1. The number of rotatable bonds is 4. The van der Waals surface area contributed by atoms with Crippen LogP contribution >= 0.6 is 0 Å². The number of aromatic nitrogens is 1. The molecule has 4 heteroatoms. The Hall–Kier alpha value is -1.58. The Balaban J connectivity index is 2.60. The zero-order valence-electron chi connectivity index (χ0n) is 9.99. The first-order chi connectivity index (χ1) is 7.50. The Morgan fingerprint density at radius 3 is 2.69 bits per heavy atom. The van der Waals surface area contributed by atoms with Crippen LogP contribution in [0, 0.1) is 5.92 Å². The molecule has 0 bridgehead atoms. The van der Waals surface area contributed by atoms with Crippen LogP contribution in [0.3, 0.4) is 0 Å². The Morgan fingerprint density at radius 1 is 1.44 bits per heavy atom. The topological polar surface area (TPSA) is 51.1 Å². The number of pyridine rings is 1. The van der Waals surface area contributed by atoms with E-state index in [-0.39, 0.29) is 11.5 Å². The summed E-state index contributed by atoms with van der Waals surface area (Å²) in [6.07, 6.45) is 2.50. The highest BCUT2D eigenvalue weighted by molar-refractivity contribution is 5.93. The molecular weight excluding hydrogens is 204 g/mol. The average Bonchev–Trinajstić information content (AvgIpc) is 2.21. The molecule has 0 unspecified atom stereocenters. The number of nitrogens with one attached hydrogen (secondary N) is 1. The molecule has 1 heterocycles. The molecule has 4 nitrogen and oxygen atoms in total. The molecule has 16 heavy (non-hydrogen) atoms. The van der Waals surface area contributed by atoms with Gasteiger partial charge in [-0.05, 0) is 18.4 Å². The second kappa shape index (κ2) is 5.49. The van der Waals surface area contributed by atoms with Crippen LogP contribution in [0.5, 0.6) is 0 Å². The summed E-state index contributed by atoms with van der Waals surface area (Å²) < 4.78 is 1.40. The molecule has 1 aromatic rings. The predicted molar refractivity (Wildman–Crippen MR) is 63.5 cm³/mol. The second-order valence-electron chi connectivity index (χ2n) is 4.31. The normalized spacial score (nSPS) is 10.5. The van der Waals surface area contributed by atoms with Gasteiger partial charge in [-0.1, -0.05) is 13.8 Å². The van der Waals surface area contributed by atoms with Crippen LogP contribution in [0.1, 0.15) is 30.6 Å². The van der Waals surface area contributed by atoms with E-state index in [0.717, 1.165) is 6.42 Å². The van der Waals surface area contributed by atoms with Crippen LogP contribution in [0.4, 0.5) is 0 Å². The number of aryl methyl sites for hydroxylation is 1. The first-order valence-electron chi connectivity index (χ1n) is 5.45. The van der Waals surface area contributed by atoms with Crippen molar-refractivity contribution in [1.29, 1.82) is 0 Å². The summed E-state index contributed by atoms with van der Waals surface area (Å²) >= 11 is 0. The minimum absolute atomic E-state index is 0.112. The molecule has 1 rings (SSSR count). The first-order valence-corrected chi connectivity index (χ1v) is 5.45. The van der Waals surface area contributed by atoms with Crippen LogP contribution in [0.15, 0.2) is 23.1 Å². The third-order valence-electron chi connectivity index (χ3n) is 2.36. The summed E-state index contributed by atoms with van der Waals surface area (Å²) in [7, 11) is 1.63. The third kappa shape index (κ3) is 3.53. The van der Waals surface area contributed by atoms with E-state index in [4.69, 9.17) is 0 Å². The predicted octanol–water partition coefficient (Wildman–Crippen LogP) is 1.16. The van der Waals surface area contributed by atoms with Gasteiger partial charge in [-0.15, -0.1) is 0 Å². The van der Waals surface area contributed by atoms with Crippen LogP contribution < -0.4 is 10.9 Å². The summed E-state index contributed by atoms with van der Waals surface area (Å²) in [6, 6.07) is 2.95. The molecule has 0 aliphatic carbocycles. The molecule has 0 fully saturated rings. The largest absolute Gasteiger partial charge is 0.352 e. The Labute approximate surface area is 95.3 Å². The highest BCUT2D eigenvalue weighted by Gasteiger charge is 2.05. The van der Waals surface area contributed by atoms with Gasteiger partial charge in [0.25, 0.3) is 5.91 Å². The molecule has 0 radical (unpaired) electrons. The molecule has 1 amide bonds. The van der Waals surface area contributed by atoms with Gasteiger partial charge in [0.05, 0.1) is 5.56 Å². The SMILES string of the molecule is CC(C)CCNC(=O)c1ccc(=O)n(C)c1. The van der Waals surface area contributed by atoms with Crippen LogP contribution in [0.2, 0.25) is 0 Å². The third-order valence-corrected chi connectivity index (χ3v) is 2.36. The number of hydrogen-bond acceptors (Lipinski definition) is 2. The van der Waals surface area contributed by atoms with Gasteiger partial charge in [0.15, 0.2) is 0 Å². The van der Waals surface area contributed by atoms with E-state index in [9.17, 15) is 9.59 Å². The Bertz CT molecular complexity index is 421. The zero-order chi connectivity index (χ0) is 12.1. The fourth-order valence-corrected chi connectivity index (χ4v) is 1.30. The van der Waals surface area contributed by atoms with Crippen molar-refractivity contribution >= 4 is 5.91 Å². The molecule has 88 valence electrons. The molecular formula is C12H18N2O2. The molecule has 0 spiro atoms. The van der Waals surface area contributed by atoms with Gasteiger partial charge in [-0.3, -0.25) is 9.59 Å². The molecule has 0 atom stereocenters. The summed E-state index contributed by atoms with van der Waals surface area (Å²) in [5, 5.41) is 2.82. The fraction of sp³-hybridized carbons (Fsp3) is 0.500. The lowest BCUT2D eigenvalue weighted by molar-refractivity contribution is 0.0951. The fourth-order valence-electron chi connectivity index (χ4n) is 1.30. The van der Waals surface area contributed by atoms with Crippen LogP contribution in [0.25, 0.3) is 0 Å². The van der Waals surface area contributed by atoms with Gasteiger partial charge < -0.3 is 9.88 Å². The van der Waals surface area contributed by atoms with Crippen LogP contribution in [-0.4, -0.2) is 17.0 Å². The van der Waals surface area contributed by atoms with Gasteiger partial charge in [0.2, 0.25) is 5.56 Å². The van der Waals surface area contributed by atoms with Gasteiger partial charge in [0, 0.05) is 25.9 Å². The standard InChI is InChI=1S/C12H18N2O2/c1-9(2)6-7-13-12(16)10-4-5-11(15)14(3)8-10/h4-5,8-9H,6-7H2,1-3H3,(H,13,16). The van der Waals surface area contributed by atoms with E-state index in [1.165, 1.54) is 10.6 Å². The van der Waals surface area contributed by atoms with Gasteiger partial charge >= 0.3 is 0 Å². The minimum Gasteiger partial charge on any atom is -0.352 e. The molecule has 0 saturated carbocycles. The number of carbonyl (C=O) groups excluding carboxylic acids is 1. The quantitative estimate of drug-likeness (QED) is 0.831. The van der Waals surface area contributed by atoms with Crippen molar-refractivity contribution in [2.24, 2.45) is 13.0 Å². The highest BCUT2D eigenvalue weighted by Crippen LogP contribution is 1.98. The van der Waals surface area contributed by atoms with Gasteiger partial charge in [-0.25, -0.2) is 0 Å². The zero-order valence-corrected chi connectivity index (χ0v) is 9.99. The molecule has 0 saturated heterocycles. The number of hydrogen-bond donors (Lipinski definition) is 1. The van der Waals surface area contributed by atoms with E-state index < -0.39 is 0 Å². The van der Waals surface area contributed by atoms with Crippen molar-refractivity contribution in [1.82, 2.24) is 9.88 Å². The molecule has 0 aliphatic rings. The number of carbonyl (C=O) groups is 1. The second-order valence-corrected chi connectivity index (χ2v) is 4.31. The minimum atomic E-state index is -0.128. The Kier molecular flexibility index (Phi) is 4.28. The van der Waals surface area contributed by atoms with Gasteiger partial charge in [-0.2, -0.15) is 0 Å². The van der Waals surface area contributed by atoms with Crippen molar-refractivity contribution < 1.29 is 4.79 Å². The van der Waals surface area contributed by atoms with E-state index in [0.29, 0.717) is 18.0 Å². The van der Waals surface area contributed by atoms with Crippen molar-refractivity contribution in [2.45, 2.75) is 20.3 Å². The van der Waals surface area contributed by atoms with Crippen molar-refractivity contribution in [3.8, 4) is 0 Å². The lowest BCUT2D eigenvalue weighted by Crippen LogP contribution is -2.27. The number of nitrogens with zero attached hydrogens (tertiary/aromatic N) is 1. The van der Waals surface area contributed by atoms with E-state index >= 15 is 0 Å². The lowest BCUT2D eigenvalue weighted by atomic mass is 10.1. The lowest BCUT2D eigenvalue weighted by Gasteiger charge is -2.07. The molecule has 0 aromatic carbocycles. The van der Waals surface area contributed by atoms with Crippen molar-refractivity contribution in [2.75, 3.05) is 6.54 Å². The van der Waals surface area contributed by atoms with Crippen LogP contribution in [-0.2, 0) is 7.05 Å². The monoisotopic (exact) mass is 222 g/mol. The van der Waals surface area contributed by atoms with E-state index in [1.54, 1.807) is 19.3 Å². The Morgan fingerprint density at radius 2 is 2.12 bits per heavy atom. The smallest absolute Gasteiger partial charge is 0.252 e. The van der Waals surface area contributed by atoms with Crippen molar-refractivity contribution in [3.05, 3.63) is 34.2 Å². The van der Waals surface area contributed by atoms with Crippen molar-refractivity contribution in [3.63, 3.8) is 0 Å². The average molecular weight is 222 g/mol. The summed E-state index contributed by atoms with van der Waals surface area (Å²) in [5.41, 5.74) is 0.407. The molecule has 0 aliphatic heterocycles. The first kappa shape index (κ1) is 12.5. The van der Waals surface area contributed by atoms with Gasteiger partial charge in [0.1, 0.15) is 0 Å². The maximum atomic E-state index is 11.7. The molecule has 1 aromatic heterocycles. The van der Waals surface area contributed by atoms with E-state index in [1.807, 2.05) is 0 Å². The van der Waals surface area contributed by atoms with E-state index in [2.05, 4.69) is 19.2 Å². The maximum Gasteiger partial charge on any atom is 0.252 e. The summed E-state index contributed by atoms with van der Waals surface area (Å²) in [5.74, 6) is 0.441. The summed E-state index contributed by atoms with van der Waals surface area (Å²) in [6.45, 7) is 4.89. The summed E-state index contributed by atoms with van der Waals surface area (Å²) in [4.78, 5) is 22.8. The molecule has 1 N–H and O–H groups in total.